The molecule has 7 heteroatoms. The number of carbonyl (C=O) groups is 3. The third-order valence-corrected chi connectivity index (χ3v) is 5.25. The fraction of sp³-hybridized carbons (Fsp3) is 0.208. The van der Waals surface area contributed by atoms with Crippen LogP contribution in [0.4, 0.5) is 5.69 Å². The molecular formula is C24H22N2O5. The van der Waals surface area contributed by atoms with Gasteiger partial charge in [0.1, 0.15) is 5.76 Å². The molecule has 7 nitrogen and oxygen atoms in total. The first-order chi connectivity index (χ1) is 15.1. The number of para-hydroxylation sites is 1. The van der Waals surface area contributed by atoms with Crippen LogP contribution in [0.25, 0.3) is 0 Å². The summed E-state index contributed by atoms with van der Waals surface area (Å²) >= 11 is 0. The smallest absolute Gasteiger partial charge is 0.317 e. The van der Waals surface area contributed by atoms with Crippen molar-refractivity contribution in [1.82, 2.24) is 5.32 Å². The van der Waals surface area contributed by atoms with Gasteiger partial charge in [-0.05, 0) is 42.7 Å². The van der Waals surface area contributed by atoms with Crippen LogP contribution >= 0.6 is 0 Å². The summed E-state index contributed by atoms with van der Waals surface area (Å²) in [7, 11) is 0. The number of carbonyl (C=O) groups excluding carboxylic acids is 3. The lowest BCUT2D eigenvalue weighted by Gasteiger charge is -2.15. The number of rotatable bonds is 8. The highest BCUT2D eigenvalue weighted by Gasteiger charge is 2.52. The second-order valence-corrected chi connectivity index (χ2v) is 7.38. The van der Waals surface area contributed by atoms with Crippen molar-refractivity contribution in [3.63, 3.8) is 0 Å². The lowest BCUT2D eigenvalue weighted by Crippen LogP contribution is -2.29. The molecule has 0 aliphatic heterocycles. The van der Waals surface area contributed by atoms with E-state index in [0.717, 1.165) is 5.56 Å². The molecule has 1 aliphatic rings. The molecule has 1 aliphatic carbocycles. The quantitative estimate of drug-likeness (QED) is 0.546. The number of furan rings is 1. The first-order valence-corrected chi connectivity index (χ1v) is 10.0. The van der Waals surface area contributed by atoms with E-state index in [9.17, 15) is 14.4 Å². The van der Waals surface area contributed by atoms with Gasteiger partial charge in [-0.2, -0.15) is 0 Å². The van der Waals surface area contributed by atoms with Gasteiger partial charge < -0.3 is 19.8 Å². The van der Waals surface area contributed by atoms with Gasteiger partial charge in [0.15, 0.2) is 6.61 Å². The second kappa shape index (κ2) is 8.87. The van der Waals surface area contributed by atoms with Crippen molar-refractivity contribution in [2.24, 2.45) is 0 Å². The lowest BCUT2D eigenvalue weighted by atomic mass is 9.96. The molecule has 0 saturated heterocycles. The van der Waals surface area contributed by atoms with Gasteiger partial charge in [0.2, 0.25) is 0 Å². The first-order valence-electron chi connectivity index (χ1n) is 10.0. The van der Waals surface area contributed by atoms with Gasteiger partial charge in [-0.15, -0.1) is 0 Å². The van der Waals surface area contributed by atoms with Crippen LogP contribution in [-0.2, 0) is 26.3 Å². The van der Waals surface area contributed by atoms with Gasteiger partial charge in [0.25, 0.3) is 11.8 Å². The third-order valence-electron chi connectivity index (χ3n) is 5.25. The molecule has 0 unspecified atom stereocenters. The van der Waals surface area contributed by atoms with Crippen LogP contribution in [0.5, 0.6) is 0 Å². The van der Waals surface area contributed by atoms with Crippen LogP contribution < -0.4 is 10.6 Å². The first kappa shape index (κ1) is 20.4. The minimum Gasteiger partial charge on any atom is -0.467 e. The van der Waals surface area contributed by atoms with Crippen LogP contribution in [0, 0.1) is 0 Å². The average molecular weight is 418 g/mol. The number of amides is 2. The summed E-state index contributed by atoms with van der Waals surface area (Å²) in [5, 5.41) is 5.39. The van der Waals surface area contributed by atoms with Gasteiger partial charge in [-0.3, -0.25) is 14.4 Å². The van der Waals surface area contributed by atoms with Crippen molar-refractivity contribution in [3.05, 3.63) is 89.9 Å². The minimum absolute atomic E-state index is 0.229. The maximum Gasteiger partial charge on any atom is 0.317 e. The molecule has 0 radical (unpaired) electrons. The molecular weight excluding hydrogens is 396 g/mol. The van der Waals surface area contributed by atoms with Crippen LogP contribution in [0.3, 0.4) is 0 Å². The van der Waals surface area contributed by atoms with Gasteiger partial charge >= 0.3 is 5.97 Å². The maximum absolute atomic E-state index is 12.6. The number of hydrogen-bond acceptors (Lipinski definition) is 5. The van der Waals surface area contributed by atoms with Crippen LogP contribution in [0.15, 0.2) is 77.4 Å². The minimum atomic E-state index is -0.648. The van der Waals surface area contributed by atoms with Gasteiger partial charge in [-0.25, -0.2) is 0 Å². The summed E-state index contributed by atoms with van der Waals surface area (Å²) in [5.41, 5.74) is 0.894. The Balaban J connectivity index is 1.34. The highest BCUT2D eigenvalue weighted by Crippen LogP contribution is 2.49. The molecule has 1 aromatic heterocycles. The van der Waals surface area contributed by atoms with E-state index in [1.54, 1.807) is 36.4 Å². The topological polar surface area (TPSA) is 97.6 Å². The van der Waals surface area contributed by atoms with Crippen LogP contribution in [0.1, 0.15) is 34.5 Å². The van der Waals surface area contributed by atoms with E-state index in [1.165, 1.54) is 6.26 Å². The largest absolute Gasteiger partial charge is 0.467 e. The van der Waals surface area contributed by atoms with E-state index in [0.29, 0.717) is 29.9 Å². The highest BCUT2D eigenvalue weighted by atomic mass is 16.5. The van der Waals surface area contributed by atoms with Crippen molar-refractivity contribution in [3.8, 4) is 0 Å². The summed E-state index contributed by atoms with van der Waals surface area (Å²) < 4.78 is 10.5. The molecule has 2 amide bonds. The Kier molecular flexibility index (Phi) is 5.84. The molecule has 1 heterocycles. The Labute approximate surface area is 179 Å². The summed E-state index contributed by atoms with van der Waals surface area (Å²) in [6.07, 6.45) is 2.94. The zero-order valence-corrected chi connectivity index (χ0v) is 16.8. The van der Waals surface area contributed by atoms with E-state index >= 15 is 0 Å². The Bertz CT molecular complexity index is 1070. The molecule has 1 saturated carbocycles. The van der Waals surface area contributed by atoms with Crippen molar-refractivity contribution in [1.29, 1.82) is 0 Å². The highest BCUT2D eigenvalue weighted by molar-refractivity contribution is 6.04. The molecule has 0 spiro atoms. The number of benzene rings is 2. The molecule has 2 N–H and O–H groups in total. The third kappa shape index (κ3) is 4.66. The zero-order chi connectivity index (χ0) is 21.7. The molecule has 2 aromatic carbocycles. The van der Waals surface area contributed by atoms with Gasteiger partial charge in [0, 0.05) is 0 Å². The number of hydrogen-bond donors (Lipinski definition) is 2. The van der Waals surface area contributed by atoms with Crippen LogP contribution in [0.2, 0.25) is 0 Å². The zero-order valence-electron chi connectivity index (χ0n) is 16.8. The molecule has 3 aromatic rings. The fourth-order valence-electron chi connectivity index (χ4n) is 3.41. The lowest BCUT2D eigenvalue weighted by molar-refractivity contribution is -0.150. The van der Waals surface area contributed by atoms with Gasteiger partial charge in [-0.1, -0.05) is 42.5 Å². The van der Waals surface area contributed by atoms with Crippen molar-refractivity contribution < 1.29 is 23.5 Å². The monoisotopic (exact) mass is 418 g/mol. The SMILES string of the molecule is O=C(COC(=O)C1(c2ccccc2)CC1)Nc1ccccc1C(=O)NCc1ccco1. The van der Waals surface area contributed by atoms with Crippen molar-refractivity contribution in [2.45, 2.75) is 24.8 Å². The fourth-order valence-corrected chi connectivity index (χ4v) is 3.41. The normalized spacial score (nSPS) is 13.8. The Hall–Kier alpha value is -3.87. The van der Waals surface area contributed by atoms with Crippen LogP contribution in [-0.4, -0.2) is 24.4 Å². The predicted octanol–water partition coefficient (Wildman–Crippen LogP) is 3.42. The van der Waals surface area contributed by atoms with E-state index in [-0.39, 0.29) is 12.5 Å². The molecule has 1 fully saturated rings. The second-order valence-electron chi connectivity index (χ2n) is 7.38. The standard InChI is InChI=1S/C24H22N2O5/c27-21(16-31-23(29)24(12-13-24)17-7-2-1-3-8-17)26-20-11-5-4-10-19(20)22(28)25-15-18-9-6-14-30-18/h1-11,14H,12-13,15-16H2,(H,25,28)(H,26,27). The number of anilines is 1. The molecule has 158 valence electrons. The van der Waals surface area contributed by atoms with E-state index < -0.39 is 23.9 Å². The van der Waals surface area contributed by atoms with E-state index in [4.69, 9.17) is 9.15 Å². The summed E-state index contributed by atoms with van der Waals surface area (Å²) in [6, 6.07) is 19.6. The Morgan fingerprint density at radius 1 is 0.935 bits per heavy atom. The van der Waals surface area contributed by atoms with E-state index in [1.807, 2.05) is 30.3 Å². The van der Waals surface area contributed by atoms with Crippen molar-refractivity contribution >= 4 is 23.5 Å². The van der Waals surface area contributed by atoms with Crippen molar-refractivity contribution in [2.75, 3.05) is 11.9 Å². The van der Waals surface area contributed by atoms with Gasteiger partial charge in [0.05, 0.1) is 29.5 Å². The molecule has 0 bridgehead atoms. The molecule has 4 rings (SSSR count). The summed E-state index contributed by atoms with van der Waals surface area (Å²) in [5.74, 6) is -0.652. The Morgan fingerprint density at radius 3 is 2.39 bits per heavy atom. The maximum atomic E-state index is 12.6. The number of ether oxygens (including phenoxy) is 1. The summed E-state index contributed by atoms with van der Waals surface area (Å²) in [6.45, 7) is -0.191. The number of esters is 1. The predicted molar refractivity (Wildman–Crippen MR) is 113 cm³/mol. The number of nitrogens with one attached hydrogen (secondary N) is 2. The molecule has 31 heavy (non-hydrogen) atoms. The van der Waals surface area contributed by atoms with E-state index in [2.05, 4.69) is 10.6 Å². The molecule has 0 atom stereocenters. The average Bonchev–Trinajstić information content (AvgIpc) is 3.45. The summed E-state index contributed by atoms with van der Waals surface area (Å²) in [4.78, 5) is 37.5. The Morgan fingerprint density at radius 2 is 1.68 bits per heavy atom.